The van der Waals surface area contributed by atoms with Crippen LogP contribution in [0.15, 0.2) is 12.3 Å². The topological polar surface area (TPSA) is 22.1 Å². The smallest absolute Gasteiger partial charge is 0.132 e. The van der Waals surface area contributed by atoms with Crippen molar-refractivity contribution < 1.29 is 4.74 Å². The first kappa shape index (κ1) is 12.3. The summed E-state index contributed by atoms with van der Waals surface area (Å²) in [5.41, 5.74) is 1.02. The molecule has 0 amide bonds. The summed E-state index contributed by atoms with van der Waals surface area (Å²) < 4.78 is 5.81. The van der Waals surface area contributed by atoms with E-state index in [-0.39, 0.29) is 6.10 Å². The Hall–Kier alpha value is -0.760. The molecule has 2 nitrogen and oxygen atoms in total. The summed E-state index contributed by atoms with van der Waals surface area (Å²) in [5, 5.41) is 0.479. The first-order chi connectivity index (χ1) is 6.99. The zero-order chi connectivity index (χ0) is 11.4. The van der Waals surface area contributed by atoms with E-state index in [1.54, 1.807) is 12.3 Å². The van der Waals surface area contributed by atoms with Crippen molar-refractivity contribution in [1.82, 2.24) is 4.98 Å². The van der Waals surface area contributed by atoms with Crippen LogP contribution >= 0.6 is 11.6 Å². The Morgan fingerprint density at radius 2 is 2.07 bits per heavy atom. The molecule has 0 bridgehead atoms. The number of hydrogen-bond acceptors (Lipinski definition) is 2. The number of nitrogens with zero attached hydrogens (tertiary/aromatic N) is 1. The Balaban J connectivity index is 2.67. The van der Waals surface area contributed by atoms with Gasteiger partial charge in [-0.3, -0.25) is 0 Å². The van der Waals surface area contributed by atoms with E-state index in [0.717, 1.165) is 17.7 Å². The lowest BCUT2D eigenvalue weighted by atomic mass is 10.1. The number of aryl methyl sites for hydroxylation is 1. The van der Waals surface area contributed by atoms with Crippen LogP contribution in [0.2, 0.25) is 5.15 Å². The number of aromatic nitrogens is 1. The van der Waals surface area contributed by atoms with Crippen molar-refractivity contribution in [2.24, 2.45) is 5.92 Å². The molecular weight excluding hydrogens is 210 g/mol. The summed E-state index contributed by atoms with van der Waals surface area (Å²) in [6.45, 7) is 8.42. The van der Waals surface area contributed by atoms with Crippen LogP contribution in [0.5, 0.6) is 5.75 Å². The number of pyridine rings is 1. The molecular formula is C12H18ClNO. The molecule has 0 fully saturated rings. The van der Waals surface area contributed by atoms with Crippen molar-refractivity contribution >= 4 is 11.6 Å². The fourth-order valence-corrected chi connectivity index (χ4v) is 1.68. The molecule has 0 saturated carbocycles. The molecule has 1 aromatic heterocycles. The van der Waals surface area contributed by atoms with Gasteiger partial charge in [0.2, 0.25) is 0 Å². The van der Waals surface area contributed by atoms with Crippen molar-refractivity contribution in [3.05, 3.63) is 23.0 Å². The highest BCUT2D eigenvalue weighted by atomic mass is 35.5. The molecule has 1 heterocycles. The van der Waals surface area contributed by atoms with Crippen molar-refractivity contribution in [2.45, 2.75) is 40.2 Å². The van der Waals surface area contributed by atoms with Crippen molar-refractivity contribution in [1.29, 1.82) is 0 Å². The third kappa shape index (κ3) is 4.08. The number of rotatable bonds is 4. The lowest BCUT2D eigenvalue weighted by Gasteiger charge is -2.17. The average Bonchev–Trinajstić information content (AvgIpc) is 2.10. The highest BCUT2D eigenvalue weighted by Gasteiger charge is 2.09. The molecule has 0 aliphatic carbocycles. The van der Waals surface area contributed by atoms with Crippen LogP contribution < -0.4 is 4.74 Å². The molecule has 1 atom stereocenters. The fourth-order valence-electron chi connectivity index (χ4n) is 1.54. The molecule has 0 aliphatic rings. The van der Waals surface area contributed by atoms with Gasteiger partial charge in [0.1, 0.15) is 10.9 Å². The second kappa shape index (κ2) is 5.36. The Morgan fingerprint density at radius 3 is 2.67 bits per heavy atom. The molecule has 0 radical (unpaired) electrons. The van der Waals surface area contributed by atoms with Crippen molar-refractivity contribution in [2.75, 3.05) is 0 Å². The predicted molar refractivity (Wildman–Crippen MR) is 63.5 cm³/mol. The van der Waals surface area contributed by atoms with Gasteiger partial charge in [-0.25, -0.2) is 4.98 Å². The van der Waals surface area contributed by atoms with Gasteiger partial charge in [-0.2, -0.15) is 0 Å². The quantitative estimate of drug-likeness (QED) is 0.729. The molecule has 15 heavy (non-hydrogen) atoms. The van der Waals surface area contributed by atoms with Crippen LogP contribution in [0.4, 0.5) is 0 Å². The van der Waals surface area contributed by atoms with Gasteiger partial charge in [-0.05, 0) is 26.2 Å². The minimum absolute atomic E-state index is 0.210. The molecule has 0 spiro atoms. The summed E-state index contributed by atoms with van der Waals surface area (Å²) in [6.07, 6.45) is 2.99. The van der Waals surface area contributed by atoms with Gasteiger partial charge >= 0.3 is 0 Å². The Labute approximate surface area is 96.6 Å². The SMILES string of the molecule is Cc1cnc(Cl)cc1OC(C)CC(C)C. The standard InChI is InChI=1S/C12H18ClNO/c1-8(2)5-10(4)15-11-6-12(13)14-7-9(11)3/h6-8,10H,5H2,1-4H3. The molecule has 0 N–H and O–H groups in total. The summed E-state index contributed by atoms with van der Waals surface area (Å²) in [5.74, 6) is 1.47. The van der Waals surface area contributed by atoms with Crippen molar-refractivity contribution in [3.63, 3.8) is 0 Å². The highest BCUT2D eigenvalue weighted by molar-refractivity contribution is 6.29. The average molecular weight is 228 g/mol. The second-order valence-electron chi connectivity index (χ2n) is 4.33. The van der Waals surface area contributed by atoms with E-state index in [1.807, 2.05) is 6.92 Å². The van der Waals surface area contributed by atoms with Gasteiger partial charge in [0.25, 0.3) is 0 Å². The van der Waals surface area contributed by atoms with Gasteiger partial charge in [0.05, 0.1) is 6.10 Å². The second-order valence-corrected chi connectivity index (χ2v) is 4.72. The lowest BCUT2D eigenvalue weighted by molar-refractivity contribution is 0.192. The Bertz CT molecular complexity index is 325. The minimum Gasteiger partial charge on any atom is -0.490 e. The van der Waals surface area contributed by atoms with Crippen LogP contribution in [0.25, 0.3) is 0 Å². The van der Waals surface area contributed by atoms with E-state index >= 15 is 0 Å². The van der Waals surface area contributed by atoms with Crippen LogP contribution in [0.1, 0.15) is 32.8 Å². The predicted octanol–water partition coefficient (Wildman–Crippen LogP) is 3.86. The molecule has 84 valence electrons. The molecule has 1 aromatic rings. The van der Waals surface area contributed by atoms with E-state index in [0.29, 0.717) is 11.1 Å². The normalized spacial score (nSPS) is 12.9. The molecule has 1 rings (SSSR count). The lowest BCUT2D eigenvalue weighted by Crippen LogP contribution is -2.15. The first-order valence-corrected chi connectivity index (χ1v) is 5.65. The Kier molecular flexibility index (Phi) is 4.40. The molecule has 0 saturated heterocycles. The summed E-state index contributed by atoms with van der Waals surface area (Å²) >= 11 is 5.81. The van der Waals surface area contributed by atoms with Crippen LogP contribution in [0.3, 0.4) is 0 Å². The number of hydrogen-bond donors (Lipinski definition) is 0. The summed E-state index contributed by atoms with van der Waals surface area (Å²) in [7, 11) is 0. The molecule has 3 heteroatoms. The molecule has 1 unspecified atom stereocenters. The zero-order valence-corrected chi connectivity index (χ0v) is 10.5. The zero-order valence-electron chi connectivity index (χ0n) is 9.75. The van der Waals surface area contributed by atoms with E-state index in [2.05, 4.69) is 25.8 Å². The minimum atomic E-state index is 0.210. The van der Waals surface area contributed by atoms with E-state index in [1.165, 1.54) is 0 Å². The van der Waals surface area contributed by atoms with Crippen LogP contribution in [-0.2, 0) is 0 Å². The van der Waals surface area contributed by atoms with Crippen LogP contribution in [0, 0.1) is 12.8 Å². The third-order valence-corrected chi connectivity index (χ3v) is 2.36. The highest BCUT2D eigenvalue weighted by Crippen LogP contribution is 2.22. The van der Waals surface area contributed by atoms with E-state index in [4.69, 9.17) is 16.3 Å². The van der Waals surface area contributed by atoms with Crippen LogP contribution in [-0.4, -0.2) is 11.1 Å². The monoisotopic (exact) mass is 227 g/mol. The third-order valence-electron chi connectivity index (χ3n) is 2.15. The van der Waals surface area contributed by atoms with E-state index in [9.17, 15) is 0 Å². The maximum absolute atomic E-state index is 5.81. The van der Waals surface area contributed by atoms with E-state index < -0.39 is 0 Å². The largest absolute Gasteiger partial charge is 0.490 e. The van der Waals surface area contributed by atoms with Gasteiger partial charge in [-0.15, -0.1) is 0 Å². The summed E-state index contributed by atoms with van der Waals surface area (Å²) in [4.78, 5) is 3.99. The van der Waals surface area contributed by atoms with Gasteiger partial charge in [0, 0.05) is 17.8 Å². The van der Waals surface area contributed by atoms with Gasteiger partial charge in [-0.1, -0.05) is 25.4 Å². The van der Waals surface area contributed by atoms with Gasteiger partial charge in [0.15, 0.2) is 0 Å². The number of ether oxygens (including phenoxy) is 1. The maximum atomic E-state index is 5.81. The Morgan fingerprint density at radius 1 is 1.40 bits per heavy atom. The molecule has 0 aromatic carbocycles. The maximum Gasteiger partial charge on any atom is 0.132 e. The van der Waals surface area contributed by atoms with Gasteiger partial charge < -0.3 is 4.74 Å². The summed E-state index contributed by atoms with van der Waals surface area (Å²) in [6, 6.07) is 1.77. The molecule has 0 aliphatic heterocycles. The van der Waals surface area contributed by atoms with Crippen molar-refractivity contribution in [3.8, 4) is 5.75 Å². The fraction of sp³-hybridized carbons (Fsp3) is 0.583. The number of halogens is 1. The first-order valence-electron chi connectivity index (χ1n) is 5.28.